The van der Waals surface area contributed by atoms with Crippen molar-refractivity contribution in [2.24, 2.45) is 0 Å². The molecule has 0 saturated carbocycles. The Balaban J connectivity index is 2.24. The van der Waals surface area contributed by atoms with Gasteiger partial charge in [0, 0.05) is 0 Å². The van der Waals surface area contributed by atoms with Crippen LogP contribution in [0.2, 0.25) is 0 Å². The lowest BCUT2D eigenvalue weighted by atomic mass is 10.1. The number of nitrogens with one attached hydrogen (secondary N) is 1. The van der Waals surface area contributed by atoms with E-state index >= 15 is 0 Å². The molecule has 146 valence electrons. The van der Waals surface area contributed by atoms with Crippen LogP contribution in [0.25, 0.3) is 0 Å². The topological polar surface area (TPSA) is 75.7 Å². The molecule has 1 N–H and O–H groups in total. The fourth-order valence-electron chi connectivity index (χ4n) is 2.92. The van der Waals surface area contributed by atoms with Gasteiger partial charge in [-0.1, -0.05) is 37.3 Å². The van der Waals surface area contributed by atoms with E-state index in [0.717, 1.165) is 17.6 Å². The molecule has 0 heterocycles. The largest absolute Gasteiger partial charge is 0.497 e. The SMILES string of the molecule is CCC(C(=O)NC(C)c1ccc(OC)cc1)N(c1ccccc1)S(C)(=O)=O. The standard InChI is InChI=1S/C20H26N2O4S/c1-5-19(22(27(4,24)25)17-9-7-6-8-10-17)20(23)21-15(2)16-11-13-18(26-3)14-12-16/h6-15,19H,5H2,1-4H3,(H,21,23). The molecule has 2 rings (SSSR count). The van der Waals surface area contributed by atoms with Gasteiger partial charge in [-0.2, -0.15) is 0 Å². The second-order valence-electron chi connectivity index (χ2n) is 6.32. The maximum Gasteiger partial charge on any atom is 0.244 e. The number of hydrogen-bond acceptors (Lipinski definition) is 4. The smallest absolute Gasteiger partial charge is 0.244 e. The fourth-order valence-corrected chi connectivity index (χ4v) is 4.13. The predicted octanol–water partition coefficient (Wildman–Crippen LogP) is 3.12. The van der Waals surface area contributed by atoms with Gasteiger partial charge in [0.15, 0.2) is 0 Å². The van der Waals surface area contributed by atoms with Gasteiger partial charge >= 0.3 is 0 Å². The Morgan fingerprint density at radius 1 is 1.11 bits per heavy atom. The molecular weight excluding hydrogens is 364 g/mol. The van der Waals surface area contributed by atoms with Crippen LogP contribution in [0.15, 0.2) is 54.6 Å². The first-order valence-electron chi connectivity index (χ1n) is 8.76. The maximum absolute atomic E-state index is 12.9. The Hall–Kier alpha value is -2.54. The van der Waals surface area contributed by atoms with Gasteiger partial charge in [-0.15, -0.1) is 0 Å². The molecule has 0 aromatic heterocycles. The summed E-state index contributed by atoms with van der Waals surface area (Å²) >= 11 is 0. The molecule has 2 atom stereocenters. The highest BCUT2D eigenvalue weighted by Gasteiger charge is 2.32. The molecule has 27 heavy (non-hydrogen) atoms. The van der Waals surface area contributed by atoms with Crippen LogP contribution in [0, 0.1) is 0 Å². The van der Waals surface area contributed by atoms with E-state index in [9.17, 15) is 13.2 Å². The van der Waals surface area contributed by atoms with Gasteiger partial charge in [-0.3, -0.25) is 9.10 Å². The normalized spacial score (nSPS) is 13.5. The lowest BCUT2D eigenvalue weighted by Gasteiger charge is -2.31. The zero-order valence-corrected chi connectivity index (χ0v) is 16.9. The summed E-state index contributed by atoms with van der Waals surface area (Å²) in [4.78, 5) is 12.9. The Labute approximate surface area is 161 Å². The summed E-state index contributed by atoms with van der Waals surface area (Å²) in [5.74, 6) is 0.395. The molecule has 0 spiro atoms. The summed E-state index contributed by atoms with van der Waals surface area (Å²) in [5, 5.41) is 2.92. The van der Waals surface area contributed by atoms with E-state index in [-0.39, 0.29) is 11.9 Å². The lowest BCUT2D eigenvalue weighted by molar-refractivity contribution is -0.122. The van der Waals surface area contributed by atoms with Crippen molar-refractivity contribution in [2.75, 3.05) is 17.7 Å². The molecular formula is C20H26N2O4S. The number of rotatable bonds is 8. The van der Waals surface area contributed by atoms with Gasteiger partial charge in [0.2, 0.25) is 15.9 Å². The number of carbonyl (C=O) groups excluding carboxylic acids is 1. The average Bonchev–Trinajstić information content (AvgIpc) is 2.65. The van der Waals surface area contributed by atoms with Crippen LogP contribution in [0.5, 0.6) is 5.75 Å². The minimum absolute atomic E-state index is 0.269. The highest BCUT2D eigenvalue weighted by Crippen LogP contribution is 2.23. The number of anilines is 1. The van der Waals surface area contributed by atoms with Crippen molar-refractivity contribution in [3.63, 3.8) is 0 Å². The summed E-state index contributed by atoms with van der Waals surface area (Å²) in [6, 6.07) is 15.0. The number of hydrogen-bond donors (Lipinski definition) is 1. The number of benzene rings is 2. The van der Waals surface area contributed by atoms with E-state index in [4.69, 9.17) is 4.74 Å². The molecule has 0 bridgehead atoms. The molecule has 2 aromatic rings. The molecule has 7 heteroatoms. The molecule has 0 fully saturated rings. The van der Waals surface area contributed by atoms with E-state index in [1.54, 1.807) is 44.4 Å². The molecule has 1 amide bonds. The molecule has 2 aromatic carbocycles. The monoisotopic (exact) mass is 390 g/mol. The summed E-state index contributed by atoms with van der Waals surface area (Å²) in [7, 11) is -2.04. The summed E-state index contributed by atoms with van der Waals surface area (Å²) in [5.41, 5.74) is 1.38. The average molecular weight is 391 g/mol. The zero-order chi connectivity index (χ0) is 20.0. The quantitative estimate of drug-likeness (QED) is 0.751. The van der Waals surface area contributed by atoms with Crippen molar-refractivity contribution in [3.05, 3.63) is 60.2 Å². The third kappa shape index (κ3) is 5.23. The highest BCUT2D eigenvalue weighted by atomic mass is 32.2. The van der Waals surface area contributed by atoms with Crippen LogP contribution in [0.3, 0.4) is 0 Å². The van der Waals surface area contributed by atoms with Crippen molar-refractivity contribution < 1.29 is 17.9 Å². The predicted molar refractivity (Wildman–Crippen MR) is 107 cm³/mol. The van der Waals surface area contributed by atoms with Gasteiger partial charge < -0.3 is 10.1 Å². The highest BCUT2D eigenvalue weighted by molar-refractivity contribution is 7.92. The van der Waals surface area contributed by atoms with E-state index in [2.05, 4.69) is 5.32 Å². The number of para-hydroxylation sites is 1. The Kier molecular flexibility index (Phi) is 6.85. The Morgan fingerprint density at radius 3 is 2.19 bits per heavy atom. The van der Waals surface area contributed by atoms with E-state index in [1.165, 1.54) is 4.31 Å². The number of ether oxygens (including phenoxy) is 1. The van der Waals surface area contributed by atoms with E-state index in [0.29, 0.717) is 12.1 Å². The second kappa shape index (κ2) is 8.90. The second-order valence-corrected chi connectivity index (χ2v) is 8.18. The molecule has 0 aliphatic heterocycles. The van der Waals surface area contributed by atoms with Gasteiger partial charge in [0.1, 0.15) is 11.8 Å². The Morgan fingerprint density at radius 2 is 1.70 bits per heavy atom. The lowest BCUT2D eigenvalue weighted by Crippen LogP contribution is -2.49. The van der Waals surface area contributed by atoms with Crippen LogP contribution in [-0.4, -0.2) is 33.7 Å². The van der Waals surface area contributed by atoms with Gasteiger partial charge in [-0.05, 0) is 43.2 Å². The Bertz CT molecular complexity index is 851. The third-order valence-electron chi connectivity index (χ3n) is 4.31. The van der Waals surface area contributed by atoms with Gasteiger partial charge in [0.05, 0.1) is 25.1 Å². The van der Waals surface area contributed by atoms with Crippen LogP contribution < -0.4 is 14.4 Å². The number of carbonyl (C=O) groups is 1. The van der Waals surface area contributed by atoms with Crippen molar-refractivity contribution in [3.8, 4) is 5.75 Å². The summed E-state index contributed by atoms with van der Waals surface area (Å²) < 4.78 is 31.1. The minimum atomic E-state index is -3.63. The number of amides is 1. The molecule has 0 radical (unpaired) electrons. The van der Waals surface area contributed by atoms with Crippen LogP contribution >= 0.6 is 0 Å². The van der Waals surface area contributed by atoms with Crippen LogP contribution in [0.1, 0.15) is 31.9 Å². The molecule has 0 aliphatic rings. The van der Waals surface area contributed by atoms with Gasteiger partial charge in [-0.25, -0.2) is 8.42 Å². The van der Waals surface area contributed by atoms with E-state index < -0.39 is 16.1 Å². The van der Waals surface area contributed by atoms with Crippen molar-refractivity contribution in [1.29, 1.82) is 0 Å². The van der Waals surface area contributed by atoms with Crippen molar-refractivity contribution in [2.45, 2.75) is 32.4 Å². The van der Waals surface area contributed by atoms with Crippen LogP contribution in [0.4, 0.5) is 5.69 Å². The maximum atomic E-state index is 12.9. The van der Waals surface area contributed by atoms with E-state index in [1.807, 2.05) is 31.2 Å². The number of nitrogens with zero attached hydrogens (tertiary/aromatic N) is 1. The zero-order valence-electron chi connectivity index (χ0n) is 16.0. The van der Waals surface area contributed by atoms with Crippen molar-refractivity contribution >= 4 is 21.6 Å². The molecule has 6 nitrogen and oxygen atoms in total. The molecule has 0 saturated heterocycles. The number of methoxy groups -OCH3 is 1. The van der Waals surface area contributed by atoms with Gasteiger partial charge in [0.25, 0.3) is 0 Å². The van der Waals surface area contributed by atoms with Crippen LogP contribution in [-0.2, 0) is 14.8 Å². The summed E-state index contributed by atoms with van der Waals surface area (Å²) in [6.45, 7) is 3.66. The number of sulfonamides is 1. The first kappa shape index (κ1) is 20.8. The summed E-state index contributed by atoms with van der Waals surface area (Å²) in [6.07, 6.45) is 1.46. The van der Waals surface area contributed by atoms with Crippen molar-refractivity contribution in [1.82, 2.24) is 5.32 Å². The first-order valence-corrected chi connectivity index (χ1v) is 10.6. The molecule has 2 unspecified atom stereocenters. The first-order chi connectivity index (χ1) is 12.8. The fraction of sp³-hybridized carbons (Fsp3) is 0.350. The molecule has 0 aliphatic carbocycles. The minimum Gasteiger partial charge on any atom is -0.497 e. The third-order valence-corrected chi connectivity index (χ3v) is 5.49.